The van der Waals surface area contributed by atoms with Crippen LogP contribution in [0.4, 0.5) is 4.39 Å². The molecule has 0 N–H and O–H groups in total. The van der Waals surface area contributed by atoms with E-state index in [0.717, 1.165) is 25.9 Å². The van der Waals surface area contributed by atoms with Crippen molar-refractivity contribution in [1.82, 2.24) is 9.55 Å². The predicted molar refractivity (Wildman–Crippen MR) is 80.2 cm³/mol. The van der Waals surface area contributed by atoms with Gasteiger partial charge in [-0.2, -0.15) is 0 Å². The Labute approximate surface area is 127 Å². The number of benzene rings is 1. The van der Waals surface area contributed by atoms with Crippen molar-refractivity contribution in [2.45, 2.75) is 39.0 Å². The van der Waals surface area contributed by atoms with Gasteiger partial charge < -0.3 is 9.47 Å². The molecule has 0 amide bonds. The number of ether oxygens (including phenoxy) is 2. The molecule has 0 saturated carbocycles. The maximum absolute atomic E-state index is 13.5. The summed E-state index contributed by atoms with van der Waals surface area (Å²) in [5, 5.41) is 0.426. The normalized spacial score (nSPS) is 18.7. The molecule has 0 unspecified atom stereocenters. The lowest BCUT2D eigenvalue weighted by molar-refractivity contribution is -0.163. The third kappa shape index (κ3) is 3.18. The summed E-state index contributed by atoms with van der Waals surface area (Å²) in [6, 6.07) is 2.84. The highest BCUT2D eigenvalue weighted by molar-refractivity contribution is 5.78. The van der Waals surface area contributed by atoms with Gasteiger partial charge in [0.2, 0.25) is 0 Å². The molecule has 2 aromatic rings. The number of rotatable bonds is 4. The quantitative estimate of drug-likeness (QED) is 0.870. The molecule has 3 rings (SSSR count). The second-order valence-corrected chi connectivity index (χ2v) is 5.53. The van der Waals surface area contributed by atoms with Gasteiger partial charge in [0.05, 0.1) is 30.4 Å². The summed E-state index contributed by atoms with van der Waals surface area (Å²) in [5.74, 6) is -0.352. The van der Waals surface area contributed by atoms with E-state index >= 15 is 0 Å². The van der Waals surface area contributed by atoms with E-state index in [1.54, 1.807) is 13.0 Å². The van der Waals surface area contributed by atoms with Crippen LogP contribution >= 0.6 is 0 Å². The Morgan fingerprint density at radius 1 is 1.45 bits per heavy atom. The summed E-state index contributed by atoms with van der Waals surface area (Å²) >= 11 is 0. The monoisotopic (exact) mass is 306 g/mol. The van der Waals surface area contributed by atoms with Crippen LogP contribution in [0.15, 0.2) is 23.3 Å². The lowest BCUT2D eigenvalue weighted by Gasteiger charge is -2.22. The number of nitrogens with zero attached hydrogens (tertiary/aromatic N) is 2. The van der Waals surface area contributed by atoms with Gasteiger partial charge in [0, 0.05) is 12.7 Å². The van der Waals surface area contributed by atoms with E-state index in [4.69, 9.17) is 9.47 Å². The van der Waals surface area contributed by atoms with Crippen LogP contribution in [0.1, 0.15) is 24.8 Å². The van der Waals surface area contributed by atoms with Gasteiger partial charge in [-0.05, 0) is 37.8 Å². The van der Waals surface area contributed by atoms with Crippen LogP contribution in [0.25, 0.3) is 10.9 Å². The smallest absolute Gasteiger partial charge is 0.261 e. The third-order valence-corrected chi connectivity index (χ3v) is 3.88. The summed E-state index contributed by atoms with van der Waals surface area (Å²) in [7, 11) is 0. The Bertz CT molecular complexity index is 723. The Morgan fingerprint density at radius 3 is 3.09 bits per heavy atom. The Kier molecular flexibility index (Phi) is 4.49. The van der Waals surface area contributed by atoms with Gasteiger partial charge in [-0.15, -0.1) is 0 Å². The SMILES string of the molecule is Cc1cc2c(=O)n(CCO[C@@H]3CCCCO3)cnc2cc1F. The summed E-state index contributed by atoms with van der Waals surface area (Å²) in [4.78, 5) is 16.5. The van der Waals surface area contributed by atoms with Crippen molar-refractivity contribution in [2.24, 2.45) is 0 Å². The van der Waals surface area contributed by atoms with Crippen molar-refractivity contribution in [3.8, 4) is 0 Å². The molecule has 1 saturated heterocycles. The summed E-state index contributed by atoms with van der Waals surface area (Å²) in [6.45, 7) is 3.15. The van der Waals surface area contributed by atoms with E-state index in [2.05, 4.69) is 4.98 Å². The predicted octanol–water partition coefficient (Wildman–Crippen LogP) is 2.39. The molecule has 1 aliphatic heterocycles. The molecule has 118 valence electrons. The molecule has 0 aliphatic carbocycles. The molecule has 0 bridgehead atoms. The highest BCUT2D eigenvalue weighted by atomic mass is 19.1. The van der Waals surface area contributed by atoms with E-state index < -0.39 is 0 Å². The van der Waals surface area contributed by atoms with Crippen LogP contribution in [0.5, 0.6) is 0 Å². The number of hydrogen-bond acceptors (Lipinski definition) is 4. The first kappa shape index (κ1) is 15.1. The molecule has 5 nitrogen and oxygen atoms in total. The van der Waals surface area contributed by atoms with E-state index in [0.29, 0.717) is 29.6 Å². The highest BCUT2D eigenvalue weighted by Crippen LogP contribution is 2.15. The number of fused-ring (bicyclic) bond motifs is 1. The molecule has 1 fully saturated rings. The molecular weight excluding hydrogens is 287 g/mol. The van der Waals surface area contributed by atoms with Crippen LogP contribution in [0, 0.1) is 12.7 Å². The van der Waals surface area contributed by atoms with E-state index in [9.17, 15) is 9.18 Å². The zero-order valence-corrected chi connectivity index (χ0v) is 12.5. The summed E-state index contributed by atoms with van der Waals surface area (Å²) < 4.78 is 26.1. The van der Waals surface area contributed by atoms with Gasteiger partial charge >= 0.3 is 0 Å². The average Bonchev–Trinajstić information content (AvgIpc) is 2.53. The van der Waals surface area contributed by atoms with Crippen molar-refractivity contribution in [1.29, 1.82) is 0 Å². The van der Waals surface area contributed by atoms with Gasteiger partial charge in [-0.1, -0.05) is 0 Å². The van der Waals surface area contributed by atoms with Crippen molar-refractivity contribution in [2.75, 3.05) is 13.2 Å². The van der Waals surface area contributed by atoms with E-state index in [1.807, 2.05) is 0 Å². The number of aryl methyl sites for hydroxylation is 1. The molecule has 0 spiro atoms. The largest absolute Gasteiger partial charge is 0.353 e. The maximum Gasteiger partial charge on any atom is 0.261 e. The molecule has 1 aromatic heterocycles. The molecule has 0 radical (unpaired) electrons. The van der Waals surface area contributed by atoms with Crippen molar-refractivity contribution < 1.29 is 13.9 Å². The van der Waals surface area contributed by atoms with E-state index in [-0.39, 0.29) is 17.7 Å². The highest BCUT2D eigenvalue weighted by Gasteiger charge is 2.14. The fraction of sp³-hybridized carbons (Fsp3) is 0.500. The topological polar surface area (TPSA) is 53.4 Å². The van der Waals surface area contributed by atoms with Gasteiger partial charge in [0.15, 0.2) is 6.29 Å². The van der Waals surface area contributed by atoms with Crippen LogP contribution in [-0.2, 0) is 16.0 Å². The fourth-order valence-corrected chi connectivity index (χ4v) is 2.57. The number of aromatic nitrogens is 2. The Balaban J connectivity index is 1.72. The molecular formula is C16H19FN2O3. The average molecular weight is 306 g/mol. The van der Waals surface area contributed by atoms with Crippen LogP contribution in [-0.4, -0.2) is 29.1 Å². The zero-order chi connectivity index (χ0) is 15.5. The first-order valence-electron chi connectivity index (χ1n) is 7.53. The van der Waals surface area contributed by atoms with Crippen molar-refractivity contribution in [3.05, 3.63) is 40.2 Å². The van der Waals surface area contributed by atoms with Gasteiger partial charge in [0.25, 0.3) is 5.56 Å². The lowest BCUT2D eigenvalue weighted by atomic mass is 10.1. The second kappa shape index (κ2) is 6.54. The van der Waals surface area contributed by atoms with Crippen LogP contribution in [0.2, 0.25) is 0 Å². The van der Waals surface area contributed by atoms with Gasteiger partial charge in [0.1, 0.15) is 5.82 Å². The first-order valence-corrected chi connectivity index (χ1v) is 7.53. The minimum atomic E-state index is -0.352. The molecule has 1 atom stereocenters. The first-order chi connectivity index (χ1) is 10.6. The Morgan fingerprint density at radius 2 is 2.32 bits per heavy atom. The van der Waals surface area contributed by atoms with Crippen LogP contribution in [0.3, 0.4) is 0 Å². The maximum atomic E-state index is 13.5. The minimum Gasteiger partial charge on any atom is -0.353 e. The standard InChI is InChI=1S/C16H19FN2O3/c1-11-8-12-14(9-13(11)17)18-10-19(16(12)20)5-7-22-15-4-2-3-6-21-15/h8-10,15H,2-7H2,1H3/t15-/m1/s1. The van der Waals surface area contributed by atoms with Gasteiger partial charge in [-0.3, -0.25) is 9.36 Å². The zero-order valence-electron chi connectivity index (χ0n) is 12.5. The number of halogens is 1. The minimum absolute atomic E-state index is 0.172. The molecule has 1 aromatic carbocycles. The van der Waals surface area contributed by atoms with Crippen LogP contribution < -0.4 is 5.56 Å². The summed E-state index contributed by atoms with van der Waals surface area (Å²) in [5.41, 5.74) is 0.637. The van der Waals surface area contributed by atoms with Crippen molar-refractivity contribution in [3.63, 3.8) is 0 Å². The molecule has 22 heavy (non-hydrogen) atoms. The Hall–Kier alpha value is -1.79. The fourth-order valence-electron chi connectivity index (χ4n) is 2.57. The number of hydrogen-bond donors (Lipinski definition) is 0. The van der Waals surface area contributed by atoms with Gasteiger partial charge in [-0.25, -0.2) is 9.37 Å². The molecule has 6 heteroatoms. The summed E-state index contributed by atoms with van der Waals surface area (Å²) in [6.07, 6.45) is 4.33. The van der Waals surface area contributed by atoms with Crippen molar-refractivity contribution >= 4 is 10.9 Å². The third-order valence-electron chi connectivity index (χ3n) is 3.88. The lowest BCUT2D eigenvalue weighted by Crippen LogP contribution is -2.27. The second-order valence-electron chi connectivity index (χ2n) is 5.53. The molecule has 1 aliphatic rings. The van der Waals surface area contributed by atoms with E-state index in [1.165, 1.54) is 17.0 Å². The molecule has 2 heterocycles.